The van der Waals surface area contributed by atoms with Crippen molar-refractivity contribution in [1.82, 2.24) is 15.0 Å². The minimum absolute atomic E-state index is 0.189. The number of aromatic nitrogens is 3. The third-order valence-corrected chi connectivity index (χ3v) is 3.68. The van der Waals surface area contributed by atoms with E-state index in [1.54, 1.807) is 16.9 Å². The van der Waals surface area contributed by atoms with Crippen LogP contribution in [0.2, 0.25) is 5.02 Å². The molecular formula is C15H13Cl2N5. The Morgan fingerprint density at radius 1 is 1.18 bits per heavy atom. The molecular weight excluding hydrogens is 321 g/mol. The Bertz CT molecular complexity index is 852. The third kappa shape index (κ3) is 2.91. The molecule has 0 amide bonds. The predicted molar refractivity (Wildman–Crippen MR) is 90.6 cm³/mol. The molecule has 1 aromatic heterocycles. The summed E-state index contributed by atoms with van der Waals surface area (Å²) in [5, 5.41) is 9.61. The van der Waals surface area contributed by atoms with Gasteiger partial charge in [-0.2, -0.15) is 4.80 Å². The van der Waals surface area contributed by atoms with Gasteiger partial charge in [0.25, 0.3) is 0 Å². The average Bonchev–Trinajstić information content (AvgIpc) is 2.90. The van der Waals surface area contributed by atoms with E-state index in [9.17, 15) is 0 Å². The number of benzene rings is 2. The highest BCUT2D eigenvalue weighted by Crippen LogP contribution is 2.24. The summed E-state index contributed by atoms with van der Waals surface area (Å²) in [6.07, 6.45) is 0. The van der Waals surface area contributed by atoms with E-state index < -0.39 is 0 Å². The lowest BCUT2D eigenvalue weighted by atomic mass is 10.2. The number of rotatable bonds is 3. The van der Waals surface area contributed by atoms with Gasteiger partial charge >= 0.3 is 0 Å². The van der Waals surface area contributed by atoms with Crippen molar-refractivity contribution < 1.29 is 0 Å². The zero-order valence-electron chi connectivity index (χ0n) is 11.8. The molecule has 0 aliphatic carbocycles. The zero-order valence-corrected chi connectivity index (χ0v) is 13.3. The predicted octanol–water partition coefficient (Wildman–Crippen LogP) is 3.61. The number of amidine groups is 1. The van der Waals surface area contributed by atoms with Gasteiger partial charge in [0, 0.05) is 5.02 Å². The molecule has 7 heteroatoms. The summed E-state index contributed by atoms with van der Waals surface area (Å²) in [4.78, 5) is 5.86. The lowest BCUT2D eigenvalue weighted by molar-refractivity contribution is 0.766. The Hall–Kier alpha value is -2.11. The second-order valence-corrected chi connectivity index (χ2v) is 5.53. The number of nitrogens with two attached hydrogens (primary N) is 1. The van der Waals surface area contributed by atoms with Gasteiger partial charge in [-0.05, 0) is 48.9 Å². The maximum absolute atomic E-state index is 5.89. The van der Waals surface area contributed by atoms with Crippen LogP contribution < -0.4 is 5.73 Å². The van der Waals surface area contributed by atoms with E-state index in [1.807, 2.05) is 31.2 Å². The number of aliphatic imine (C=N–C) groups is 1. The monoisotopic (exact) mass is 333 g/mol. The first-order valence-electron chi connectivity index (χ1n) is 6.59. The quantitative estimate of drug-likeness (QED) is 0.452. The highest BCUT2D eigenvalue weighted by atomic mass is 35.5. The summed E-state index contributed by atoms with van der Waals surface area (Å²) in [6.45, 7) is 1.95. The lowest BCUT2D eigenvalue weighted by Gasteiger charge is -2.00. The molecule has 0 unspecified atom stereocenters. The Morgan fingerprint density at radius 3 is 2.45 bits per heavy atom. The molecule has 112 valence electrons. The van der Waals surface area contributed by atoms with Crippen molar-refractivity contribution in [2.75, 3.05) is 5.88 Å². The van der Waals surface area contributed by atoms with Crippen molar-refractivity contribution >= 4 is 45.8 Å². The second kappa shape index (κ2) is 5.94. The second-order valence-electron chi connectivity index (χ2n) is 4.83. The SMILES string of the molecule is Cc1cc2nn(-c3ccc(Cl)cc3)nc2cc1N=C(N)CCl. The molecule has 0 spiro atoms. The van der Waals surface area contributed by atoms with Crippen LogP contribution >= 0.6 is 23.2 Å². The smallest absolute Gasteiger partial charge is 0.115 e. The van der Waals surface area contributed by atoms with Gasteiger partial charge in [-0.3, -0.25) is 0 Å². The van der Waals surface area contributed by atoms with E-state index in [4.69, 9.17) is 28.9 Å². The van der Waals surface area contributed by atoms with E-state index in [2.05, 4.69) is 15.2 Å². The van der Waals surface area contributed by atoms with E-state index in [0.717, 1.165) is 28.0 Å². The van der Waals surface area contributed by atoms with Crippen molar-refractivity contribution in [3.8, 4) is 5.69 Å². The largest absolute Gasteiger partial charge is 0.386 e. The van der Waals surface area contributed by atoms with E-state index in [-0.39, 0.29) is 5.88 Å². The summed E-state index contributed by atoms with van der Waals surface area (Å²) in [5.41, 5.74) is 9.76. The molecule has 22 heavy (non-hydrogen) atoms. The molecule has 0 saturated carbocycles. The minimum atomic E-state index is 0.189. The summed E-state index contributed by atoms with van der Waals surface area (Å²) in [5.74, 6) is 0.559. The number of fused-ring (bicyclic) bond motifs is 1. The Kier molecular flexibility index (Phi) is 4.00. The molecule has 0 bridgehead atoms. The van der Waals surface area contributed by atoms with Gasteiger partial charge < -0.3 is 5.73 Å². The van der Waals surface area contributed by atoms with Crippen LogP contribution in [0.5, 0.6) is 0 Å². The van der Waals surface area contributed by atoms with E-state index in [1.165, 1.54) is 0 Å². The maximum Gasteiger partial charge on any atom is 0.115 e. The summed E-state index contributed by atoms with van der Waals surface area (Å²) in [6, 6.07) is 11.1. The van der Waals surface area contributed by atoms with Gasteiger partial charge in [-0.25, -0.2) is 4.99 Å². The van der Waals surface area contributed by atoms with Gasteiger partial charge in [0.15, 0.2) is 0 Å². The van der Waals surface area contributed by atoms with Gasteiger partial charge in [0.1, 0.15) is 16.9 Å². The molecule has 0 atom stereocenters. The highest BCUT2D eigenvalue weighted by molar-refractivity contribution is 6.30. The normalized spacial score (nSPS) is 12.0. The van der Waals surface area contributed by atoms with Gasteiger partial charge in [0.05, 0.1) is 17.3 Å². The first-order chi connectivity index (χ1) is 10.6. The van der Waals surface area contributed by atoms with Crippen LogP contribution in [0.1, 0.15) is 5.56 Å². The number of aryl methyl sites for hydroxylation is 1. The van der Waals surface area contributed by atoms with Crippen molar-refractivity contribution in [1.29, 1.82) is 0 Å². The number of hydrogen-bond acceptors (Lipinski definition) is 3. The van der Waals surface area contributed by atoms with Crippen LogP contribution in [0.3, 0.4) is 0 Å². The molecule has 3 rings (SSSR count). The van der Waals surface area contributed by atoms with Crippen LogP contribution in [0.25, 0.3) is 16.7 Å². The summed E-state index contributed by atoms with van der Waals surface area (Å²) < 4.78 is 0. The van der Waals surface area contributed by atoms with Crippen LogP contribution in [-0.4, -0.2) is 26.7 Å². The molecule has 0 radical (unpaired) electrons. The van der Waals surface area contributed by atoms with Crippen LogP contribution in [-0.2, 0) is 0 Å². The van der Waals surface area contributed by atoms with Crippen LogP contribution in [0, 0.1) is 6.92 Å². The lowest BCUT2D eigenvalue weighted by Crippen LogP contribution is -2.12. The zero-order chi connectivity index (χ0) is 15.7. The maximum atomic E-state index is 5.89. The Morgan fingerprint density at radius 2 is 1.82 bits per heavy atom. The van der Waals surface area contributed by atoms with Crippen molar-refractivity contribution in [2.24, 2.45) is 10.7 Å². The molecule has 0 aliphatic heterocycles. The molecule has 3 aromatic rings. The summed E-state index contributed by atoms with van der Waals surface area (Å²) >= 11 is 11.6. The Balaban J connectivity index is 2.08. The number of alkyl halides is 1. The van der Waals surface area contributed by atoms with Crippen LogP contribution in [0.4, 0.5) is 5.69 Å². The van der Waals surface area contributed by atoms with E-state index >= 15 is 0 Å². The number of halogens is 2. The van der Waals surface area contributed by atoms with E-state index in [0.29, 0.717) is 10.9 Å². The molecule has 0 aliphatic rings. The topological polar surface area (TPSA) is 69.1 Å². The van der Waals surface area contributed by atoms with Crippen molar-refractivity contribution in [3.63, 3.8) is 0 Å². The molecule has 0 saturated heterocycles. The Labute approximate surface area is 137 Å². The average molecular weight is 334 g/mol. The van der Waals surface area contributed by atoms with Gasteiger partial charge in [-0.15, -0.1) is 21.8 Å². The first kappa shape index (κ1) is 14.8. The van der Waals surface area contributed by atoms with Crippen molar-refractivity contribution in [3.05, 3.63) is 47.0 Å². The van der Waals surface area contributed by atoms with Gasteiger partial charge in [0.2, 0.25) is 0 Å². The first-order valence-corrected chi connectivity index (χ1v) is 7.51. The molecule has 1 heterocycles. The summed E-state index contributed by atoms with van der Waals surface area (Å²) in [7, 11) is 0. The van der Waals surface area contributed by atoms with Gasteiger partial charge in [-0.1, -0.05) is 11.6 Å². The number of nitrogens with zero attached hydrogens (tertiary/aromatic N) is 4. The molecule has 2 aromatic carbocycles. The van der Waals surface area contributed by atoms with Crippen LogP contribution in [0.15, 0.2) is 41.4 Å². The molecule has 5 nitrogen and oxygen atoms in total. The minimum Gasteiger partial charge on any atom is -0.386 e. The fraction of sp³-hybridized carbons (Fsp3) is 0.133. The fourth-order valence-electron chi connectivity index (χ4n) is 2.05. The third-order valence-electron chi connectivity index (χ3n) is 3.16. The molecule has 0 fully saturated rings. The number of hydrogen-bond donors (Lipinski definition) is 1. The molecule has 2 N–H and O–H groups in total. The fourth-order valence-corrected chi connectivity index (χ4v) is 2.24. The standard InChI is InChI=1S/C15H13Cl2N5/c1-9-6-13-14(7-12(9)19-15(18)8-16)21-22(20-13)11-4-2-10(17)3-5-11/h2-7H,8H2,1H3,(H2,18,19). The highest BCUT2D eigenvalue weighted by Gasteiger charge is 2.08. The van der Waals surface area contributed by atoms with Crippen molar-refractivity contribution in [2.45, 2.75) is 6.92 Å².